The zero-order chi connectivity index (χ0) is 16.2. The van der Waals surface area contributed by atoms with Gasteiger partial charge in [-0.25, -0.2) is 5.43 Å². The summed E-state index contributed by atoms with van der Waals surface area (Å²) in [6.45, 7) is 4.40. The fraction of sp³-hybridized carbons (Fsp3) is 0.333. The number of benzene rings is 1. The van der Waals surface area contributed by atoms with Crippen LogP contribution < -0.4 is 10.7 Å². The zero-order valence-electron chi connectivity index (χ0n) is 13.4. The van der Waals surface area contributed by atoms with E-state index < -0.39 is 0 Å². The minimum Gasteiger partial charge on any atom is -0.460 e. The number of anilines is 1. The molecule has 5 nitrogen and oxygen atoms in total. The summed E-state index contributed by atoms with van der Waals surface area (Å²) in [7, 11) is 0. The van der Waals surface area contributed by atoms with Gasteiger partial charge in [0.1, 0.15) is 11.5 Å². The van der Waals surface area contributed by atoms with E-state index in [2.05, 4.69) is 22.8 Å². The van der Waals surface area contributed by atoms with E-state index in [0.717, 1.165) is 11.4 Å². The van der Waals surface area contributed by atoms with Gasteiger partial charge in [0.25, 0.3) is 5.91 Å². The molecule has 1 fully saturated rings. The molecule has 0 bridgehead atoms. The smallest absolute Gasteiger partial charge is 0.259 e. The van der Waals surface area contributed by atoms with Crippen molar-refractivity contribution in [3.8, 4) is 0 Å². The molecule has 1 aromatic carbocycles. The molecule has 2 atom stereocenters. The SMILES string of the molecule is Cc1ccc(NCC(=O)N/N=C\c2ccc([C@@H]3C[C@@H]3C)o2)cc1. The molecule has 1 aliphatic rings. The number of carbonyl (C=O) groups is 1. The predicted molar refractivity (Wildman–Crippen MR) is 90.6 cm³/mol. The molecule has 1 saturated carbocycles. The minimum atomic E-state index is -0.204. The highest BCUT2D eigenvalue weighted by atomic mass is 16.3. The van der Waals surface area contributed by atoms with Crippen LogP contribution in [0.25, 0.3) is 0 Å². The van der Waals surface area contributed by atoms with E-state index in [0.29, 0.717) is 17.6 Å². The van der Waals surface area contributed by atoms with Crippen LogP contribution in [-0.2, 0) is 4.79 Å². The van der Waals surface area contributed by atoms with E-state index in [1.54, 1.807) is 0 Å². The summed E-state index contributed by atoms with van der Waals surface area (Å²) in [5.41, 5.74) is 4.57. The Labute approximate surface area is 135 Å². The van der Waals surface area contributed by atoms with Crippen molar-refractivity contribution >= 4 is 17.8 Å². The molecule has 2 N–H and O–H groups in total. The molecule has 0 aliphatic heterocycles. The number of furan rings is 1. The van der Waals surface area contributed by atoms with Gasteiger partial charge in [-0.05, 0) is 43.5 Å². The highest BCUT2D eigenvalue weighted by Crippen LogP contribution is 2.47. The van der Waals surface area contributed by atoms with Gasteiger partial charge in [0, 0.05) is 11.6 Å². The van der Waals surface area contributed by atoms with Crippen LogP contribution >= 0.6 is 0 Å². The summed E-state index contributed by atoms with van der Waals surface area (Å²) in [6, 6.07) is 11.7. The van der Waals surface area contributed by atoms with Crippen molar-refractivity contribution in [1.82, 2.24) is 5.43 Å². The van der Waals surface area contributed by atoms with Crippen LogP contribution in [0.3, 0.4) is 0 Å². The topological polar surface area (TPSA) is 66.6 Å². The predicted octanol–water partition coefficient (Wildman–Crippen LogP) is 3.27. The van der Waals surface area contributed by atoms with Crippen molar-refractivity contribution in [2.45, 2.75) is 26.2 Å². The molecule has 0 unspecified atom stereocenters. The van der Waals surface area contributed by atoms with Crippen LogP contribution in [0.4, 0.5) is 5.69 Å². The van der Waals surface area contributed by atoms with E-state index in [1.165, 1.54) is 18.2 Å². The van der Waals surface area contributed by atoms with Crippen molar-refractivity contribution < 1.29 is 9.21 Å². The first-order valence-electron chi connectivity index (χ1n) is 7.84. The molecule has 2 aromatic rings. The van der Waals surface area contributed by atoms with E-state index in [-0.39, 0.29) is 12.5 Å². The Morgan fingerprint density at radius 3 is 2.74 bits per heavy atom. The van der Waals surface area contributed by atoms with Crippen molar-refractivity contribution in [2.75, 3.05) is 11.9 Å². The number of amides is 1. The second kappa shape index (κ2) is 6.69. The molecule has 23 heavy (non-hydrogen) atoms. The van der Waals surface area contributed by atoms with Gasteiger partial charge in [-0.3, -0.25) is 4.79 Å². The van der Waals surface area contributed by atoms with E-state index >= 15 is 0 Å². The van der Waals surface area contributed by atoms with Gasteiger partial charge < -0.3 is 9.73 Å². The zero-order valence-corrected chi connectivity index (χ0v) is 13.4. The van der Waals surface area contributed by atoms with Gasteiger partial charge >= 0.3 is 0 Å². The lowest BCUT2D eigenvalue weighted by atomic mass is 10.2. The van der Waals surface area contributed by atoms with E-state index in [1.807, 2.05) is 43.3 Å². The van der Waals surface area contributed by atoms with Crippen LogP contribution in [0.1, 0.15) is 36.3 Å². The lowest BCUT2D eigenvalue weighted by Gasteiger charge is -2.05. The lowest BCUT2D eigenvalue weighted by Crippen LogP contribution is -2.25. The minimum absolute atomic E-state index is 0.170. The number of nitrogens with one attached hydrogen (secondary N) is 2. The van der Waals surface area contributed by atoms with Crippen LogP contribution in [-0.4, -0.2) is 18.7 Å². The third-order valence-electron chi connectivity index (χ3n) is 4.01. The number of carbonyl (C=O) groups excluding carboxylic acids is 1. The molecule has 120 valence electrons. The second-order valence-electron chi connectivity index (χ2n) is 6.07. The number of hydrogen-bond donors (Lipinski definition) is 2. The standard InChI is InChI=1S/C18H21N3O2/c1-12-3-5-14(6-4-12)19-11-18(22)21-20-10-15-7-8-17(23-15)16-9-13(16)2/h3-8,10,13,16,19H,9,11H2,1-2H3,(H,21,22)/b20-10-/t13-,16+/m0/s1. The Morgan fingerprint density at radius 2 is 2.04 bits per heavy atom. The maximum atomic E-state index is 11.7. The molecule has 5 heteroatoms. The van der Waals surface area contributed by atoms with Crippen molar-refractivity contribution in [2.24, 2.45) is 11.0 Å². The fourth-order valence-corrected chi connectivity index (χ4v) is 2.42. The Kier molecular flexibility index (Phi) is 4.46. The first kappa shape index (κ1) is 15.3. The number of aryl methyl sites for hydroxylation is 1. The molecule has 1 aliphatic carbocycles. The maximum absolute atomic E-state index is 11.7. The van der Waals surface area contributed by atoms with Crippen LogP contribution in [0.15, 0.2) is 45.9 Å². The molecule has 1 aromatic heterocycles. The first-order valence-corrected chi connectivity index (χ1v) is 7.84. The summed E-state index contributed by atoms with van der Waals surface area (Å²) in [5.74, 6) is 2.71. The molecule has 0 saturated heterocycles. The third-order valence-corrected chi connectivity index (χ3v) is 4.01. The Balaban J connectivity index is 1.43. The maximum Gasteiger partial charge on any atom is 0.259 e. The Morgan fingerprint density at radius 1 is 1.30 bits per heavy atom. The molecular formula is C18H21N3O2. The third kappa shape index (κ3) is 4.22. The van der Waals surface area contributed by atoms with Crippen LogP contribution in [0, 0.1) is 12.8 Å². The molecule has 0 radical (unpaired) electrons. The summed E-state index contributed by atoms with van der Waals surface area (Å²) in [5, 5.41) is 6.96. The van der Waals surface area contributed by atoms with Gasteiger partial charge in [0.15, 0.2) is 0 Å². The molecule has 1 heterocycles. The molecule has 0 spiro atoms. The second-order valence-corrected chi connectivity index (χ2v) is 6.07. The fourth-order valence-electron chi connectivity index (χ4n) is 2.42. The highest BCUT2D eigenvalue weighted by molar-refractivity contribution is 5.83. The summed E-state index contributed by atoms with van der Waals surface area (Å²) < 4.78 is 5.68. The average molecular weight is 311 g/mol. The normalized spacial score (nSPS) is 19.7. The Bertz CT molecular complexity index is 703. The van der Waals surface area contributed by atoms with Gasteiger partial charge in [-0.1, -0.05) is 24.6 Å². The number of hydrazone groups is 1. The molecule has 1 amide bonds. The number of hydrogen-bond acceptors (Lipinski definition) is 4. The summed E-state index contributed by atoms with van der Waals surface area (Å²) >= 11 is 0. The lowest BCUT2D eigenvalue weighted by molar-refractivity contribution is -0.119. The largest absolute Gasteiger partial charge is 0.460 e. The van der Waals surface area contributed by atoms with Crippen molar-refractivity contribution in [3.63, 3.8) is 0 Å². The quantitative estimate of drug-likeness (QED) is 0.635. The van der Waals surface area contributed by atoms with Crippen LogP contribution in [0.5, 0.6) is 0 Å². The molecular weight excluding hydrogens is 290 g/mol. The van der Waals surface area contributed by atoms with Gasteiger partial charge in [0.2, 0.25) is 0 Å². The van der Waals surface area contributed by atoms with Crippen molar-refractivity contribution in [1.29, 1.82) is 0 Å². The van der Waals surface area contributed by atoms with Gasteiger partial charge in [0.05, 0.1) is 12.8 Å². The van der Waals surface area contributed by atoms with Gasteiger partial charge in [-0.2, -0.15) is 5.10 Å². The summed E-state index contributed by atoms with van der Waals surface area (Å²) in [4.78, 5) is 11.7. The first-order chi connectivity index (χ1) is 11.1. The Hall–Kier alpha value is -2.56. The number of nitrogens with zero attached hydrogens (tertiary/aromatic N) is 1. The summed E-state index contributed by atoms with van der Waals surface area (Å²) in [6.07, 6.45) is 2.71. The van der Waals surface area contributed by atoms with Crippen molar-refractivity contribution in [3.05, 3.63) is 53.5 Å². The van der Waals surface area contributed by atoms with E-state index in [4.69, 9.17) is 4.42 Å². The van der Waals surface area contributed by atoms with Crippen LogP contribution in [0.2, 0.25) is 0 Å². The molecule has 3 rings (SSSR count). The van der Waals surface area contributed by atoms with E-state index in [9.17, 15) is 4.79 Å². The monoisotopic (exact) mass is 311 g/mol. The number of rotatable bonds is 6. The average Bonchev–Trinajstić information content (AvgIpc) is 3.08. The van der Waals surface area contributed by atoms with Gasteiger partial charge in [-0.15, -0.1) is 0 Å². The highest BCUT2D eigenvalue weighted by Gasteiger charge is 2.36.